The van der Waals surface area contributed by atoms with Crippen molar-refractivity contribution in [3.8, 4) is 0 Å². The summed E-state index contributed by atoms with van der Waals surface area (Å²) in [6.07, 6.45) is -1.38. The molecule has 2 saturated heterocycles. The van der Waals surface area contributed by atoms with E-state index in [0.29, 0.717) is 38.0 Å². The number of nitrogens with one attached hydrogen (secondary N) is 2. The Balaban J connectivity index is 0.000000327. The molecule has 2 aromatic carbocycles. The maximum atomic E-state index is 13.7. The highest BCUT2D eigenvalue weighted by molar-refractivity contribution is 5.96. The third kappa shape index (κ3) is 14.7. The summed E-state index contributed by atoms with van der Waals surface area (Å²) in [6.45, 7) is 19.7. The van der Waals surface area contributed by atoms with E-state index in [-0.39, 0.29) is 48.2 Å². The van der Waals surface area contributed by atoms with Crippen LogP contribution in [0.4, 0.5) is 26.3 Å². The first-order valence-corrected chi connectivity index (χ1v) is 18.0. The first-order valence-electron chi connectivity index (χ1n) is 18.0. The van der Waals surface area contributed by atoms with Crippen molar-refractivity contribution in [2.45, 2.75) is 105 Å². The molecule has 2 amide bonds. The van der Waals surface area contributed by atoms with Crippen molar-refractivity contribution in [1.82, 2.24) is 10.6 Å². The molecule has 2 aliphatic heterocycles. The lowest BCUT2D eigenvalue weighted by Gasteiger charge is -2.44. The van der Waals surface area contributed by atoms with Gasteiger partial charge in [-0.05, 0) is 52.7 Å². The van der Waals surface area contributed by atoms with E-state index in [9.17, 15) is 45.5 Å². The summed E-state index contributed by atoms with van der Waals surface area (Å²) in [5.74, 6) is -12.5. The lowest BCUT2D eigenvalue weighted by atomic mass is 9.85. The number of nitrogens with two attached hydrogens (primary N) is 1. The predicted molar refractivity (Wildman–Crippen MR) is 195 cm³/mol. The molecule has 4 atom stereocenters. The van der Waals surface area contributed by atoms with Crippen LogP contribution in [0.1, 0.15) is 96.4 Å². The third-order valence-electron chi connectivity index (χ3n) is 8.59. The highest BCUT2D eigenvalue weighted by atomic mass is 19.2. The lowest BCUT2D eigenvalue weighted by molar-refractivity contribution is -0.304. The van der Waals surface area contributed by atoms with Gasteiger partial charge >= 0.3 is 5.97 Å². The van der Waals surface area contributed by atoms with Crippen LogP contribution in [-0.4, -0.2) is 84.8 Å². The van der Waals surface area contributed by atoms with Gasteiger partial charge in [0.1, 0.15) is 23.8 Å². The molecule has 0 unspecified atom stereocenters. The van der Waals surface area contributed by atoms with Crippen LogP contribution in [0.25, 0.3) is 0 Å². The first-order chi connectivity index (χ1) is 26.0. The summed E-state index contributed by atoms with van der Waals surface area (Å²) in [4.78, 5) is 47.0. The number of Topliss-reactive ketones (excluding diaryl/α,β-unsaturated/α-hetero) is 1. The van der Waals surface area contributed by atoms with Crippen molar-refractivity contribution in [1.29, 1.82) is 0 Å². The smallest absolute Gasteiger partial charge is 0.338 e. The van der Waals surface area contributed by atoms with Gasteiger partial charge in [-0.1, -0.05) is 34.6 Å². The molecule has 320 valence electrons. The minimum absolute atomic E-state index is 0.0603. The van der Waals surface area contributed by atoms with Crippen molar-refractivity contribution in [2.75, 3.05) is 26.3 Å². The molecule has 57 heavy (non-hydrogen) atoms. The van der Waals surface area contributed by atoms with Crippen LogP contribution in [0.15, 0.2) is 24.3 Å². The Morgan fingerprint density at radius 1 is 0.667 bits per heavy atom. The Morgan fingerprint density at radius 3 is 1.44 bits per heavy atom. The van der Waals surface area contributed by atoms with E-state index >= 15 is 0 Å². The second kappa shape index (κ2) is 19.6. The zero-order valence-corrected chi connectivity index (χ0v) is 33.7. The van der Waals surface area contributed by atoms with Gasteiger partial charge in [-0.25, -0.2) is 31.1 Å². The molecule has 0 aliphatic carbocycles. The fraction of sp³-hybridized carbons (Fsp3) is 0.590. The fourth-order valence-corrected chi connectivity index (χ4v) is 5.29. The second-order valence-corrected chi connectivity index (χ2v) is 16.3. The maximum absolute atomic E-state index is 13.7. The topological polar surface area (TPSA) is 176 Å². The van der Waals surface area contributed by atoms with Gasteiger partial charge < -0.3 is 40.4 Å². The fourth-order valence-electron chi connectivity index (χ4n) is 5.29. The summed E-state index contributed by atoms with van der Waals surface area (Å²) in [5.41, 5.74) is 3.35. The zero-order valence-electron chi connectivity index (χ0n) is 33.7. The van der Waals surface area contributed by atoms with Crippen LogP contribution in [0.2, 0.25) is 0 Å². The number of aromatic carboxylic acids is 1. The quantitative estimate of drug-likeness (QED) is 0.126. The molecule has 12 nitrogen and oxygen atoms in total. The molecule has 0 saturated carbocycles. The monoisotopic (exact) mass is 821 g/mol. The number of amides is 2. The largest absolute Gasteiger partial charge is 0.478 e. The van der Waals surface area contributed by atoms with E-state index in [1.807, 2.05) is 48.5 Å². The number of carboxylic acid groups (broad SMARTS) is 1. The first kappa shape index (κ1) is 49.0. The van der Waals surface area contributed by atoms with Gasteiger partial charge in [0.2, 0.25) is 11.8 Å². The molecule has 2 aliphatic rings. The highest BCUT2D eigenvalue weighted by Crippen LogP contribution is 2.36. The molecular weight excluding hydrogens is 768 g/mol. The van der Waals surface area contributed by atoms with Crippen molar-refractivity contribution in [3.05, 3.63) is 70.3 Å². The Morgan fingerprint density at radius 2 is 1.04 bits per heavy atom. The predicted octanol–water partition coefficient (Wildman–Crippen LogP) is 6.04. The van der Waals surface area contributed by atoms with Crippen molar-refractivity contribution < 1.29 is 69.6 Å². The molecule has 0 aromatic heterocycles. The normalized spacial score (nSPS) is 21.3. The average Bonchev–Trinajstić information content (AvgIpc) is 3.08. The number of carbonyl (C=O) groups is 4. The molecule has 0 radical (unpaired) electrons. The van der Waals surface area contributed by atoms with Gasteiger partial charge in [0, 0.05) is 48.5 Å². The van der Waals surface area contributed by atoms with Gasteiger partial charge in [-0.15, -0.1) is 0 Å². The Kier molecular flexibility index (Phi) is 16.8. The SMILES string of the molecule is C[C@@H](N)CNC(=O)[C@@H]1OC(C)(C)OCC1(C)C.C[C@H](CNC(=O)[C@@H]1OC(C)(C)OCC1(C)C)CC(=O)c1cc(F)c(F)cc1F.O=C(O)c1cc(F)c(F)cc1F. The molecule has 0 bridgehead atoms. The molecule has 2 aromatic rings. The number of carbonyl (C=O) groups excluding carboxylic acids is 3. The van der Waals surface area contributed by atoms with Gasteiger partial charge in [0.15, 0.2) is 40.6 Å². The van der Waals surface area contributed by atoms with Gasteiger partial charge in [-0.2, -0.15) is 0 Å². The van der Waals surface area contributed by atoms with Crippen LogP contribution >= 0.6 is 0 Å². The van der Waals surface area contributed by atoms with Gasteiger partial charge in [0.25, 0.3) is 0 Å². The van der Waals surface area contributed by atoms with Crippen molar-refractivity contribution in [2.24, 2.45) is 22.5 Å². The minimum Gasteiger partial charge on any atom is -0.478 e. The third-order valence-corrected chi connectivity index (χ3v) is 8.59. The number of hydrogen-bond donors (Lipinski definition) is 4. The zero-order chi connectivity index (χ0) is 43.8. The molecule has 2 fully saturated rings. The summed E-state index contributed by atoms with van der Waals surface area (Å²) in [6, 6.07) is 1.33. The molecule has 4 rings (SSSR count). The maximum Gasteiger partial charge on any atom is 0.338 e. The number of rotatable bonds is 10. The molecular formula is C39H53F6N3O9. The summed E-state index contributed by atoms with van der Waals surface area (Å²) in [7, 11) is 0. The number of hydrogen-bond acceptors (Lipinski definition) is 9. The molecule has 5 N–H and O–H groups in total. The second-order valence-electron chi connectivity index (χ2n) is 16.3. The van der Waals surface area contributed by atoms with E-state index in [0.717, 1.165) is 0 Å². The van der Waals surface area contributed by atoms with E-state index in [4.69, 9.17) is 29.8 Å². The lowest BCUT2D eigenvalue weighted by Crippen LogP contribution is -2.57. The molecule has 0 spiro atoms. The summed E-state index contributed by atoms with van der Waals surface area (Å²) >= 11 is 0. The number of ether oxygens (including phenoxy) is 4. The Bertz CT molecular complexity index is 1770. The molecule has 18 heteroatoms. The van der Waals surface area contributed by atoms with Gasteiger partial charge in [-0.3, -0.25) is 14.4 Å². The van der Waals surface area contributed by atoms with Crippen LogP contribution in [0, 0.1) is 51.7 Å². The number of carboxylic acids is 1. The minimum atomic E-state index is -1.63. The average molecular weight is 822 g/mol. The van der Waals surface area contributed by atoms with Crippen LogP contribution in [0.3, 0.4) is 0 Å². The number of benzene rings is 2. The van der Waals surface area contributed by atoms with Crippen LogP contribution in [0.5, 0.6) is 0 Å². The number of halogens is 6. The van der Waals surface area contributed by atoms with E-state index in [2.05, 4.69) is 10.6 Å². The van der Waals surface area contributed by atoms with Crippen molar-refractivity contribution >= 4 is 23.6 Å². The van der Waals surface area contributed by atoms with Gasteiger partial charge in [0.05, 0.1) is 24.3 Å². The summed E-state index contributed by atoms with van der Waals surface area (Å²) in [5, 5.41) is 13.8. The van der Waals surface area contributed by atoms with Crippen molar-refractivity contribution in [3.63, 3.8) is 0 Å². The van der Waals surface area contributed by atoms with Crippen LogP contribution < -0.4 is 16.4 Å². The Labute approximate surface area is 328 Å². The van der Waals surface area contributed by atoms with E-state index in [1.54, 1.807) is 20.8 Å². The highest BCUT2D eigenvalue weighted by Gasteiger charge is 2.47. The Hall–Kier alpha value is -4.10. The number of ketones is 1. The van der Waals surface area contributed by atoms with Crippen LogP contribution in [-0.2, 0) is 28.5 Å². The molecule has 2 heterocycles. The standard InChI is InChI=1S/C20H26F3NO4.C12H24N2O3.C7H3F3O2/c1-11(6-16(25)12-7-14(22)15(23)8-13(12)21)9-24-18(26)17-19(2,3)10-27-20(4,5)28-17;1-8(13)6-14-10(15)9-11(2,3)7-16-12(4,5)17-9;8-4-2-6(10)5(9)1-3(4)7(11)12/h7-8,11,17H,6,9-10H2,1-5H3,(H,24,26);8-9H,6-7,13H2,1-5H3,(H,14,15);1-2H,(H,11,12)/t11-,17-;8-,9+;/m01./s1. The van der Waals surface area contributed by atoms with E-state index < -0.39 is 87.0 Å². The summed E-state index contributed by atoms with van der Waals surface area (Å²) < 4.78 is 99.6. The van der Waals surface area contributed by atoms with E-state index in [1.165, 1.54) is 0 Å².